The zero-order valence-corrected chi connectivity index (χ0v) is 11.7. The van der Waals surface area contributed by atoms with E-state index >= 15 is 0 Å². The van der Waals surface area contributed by atoms with Crippen LogP contribution < -0.4 is 16.0 Å². The van der Waals surface area contributed by atoms with Gasteiger partial charge < -0.3 is 16.0 Å². The summed E-state index contributed by atoms with van der Waals surface area (Å²) < 4.78 is 0. The highest BCUT2D eigenvalue weighted by Gasteiger charge is 2.17. The number of rotatable bonds is 4. The van der Waals surface area contributed by atoms with Crippen LogP contribution >= 0.6 is 0 Å². The Hall–Kier alpha value is -1.36. The number of anilines is 2. The Balaban J connectivity index is 2.01. The normalized spacial score (nSPS) is 16.2. The van der Waals surface area contributed by atoms with Crippen LogP contribution in [0.25, 0.3) is 0 Å². The van der Waals surface area contributed by atoms with Gasteiger partial charge in [-0.05, 0) is 12.3 Å². The van der Waals surface area contributed by atoms with Gasteiger partial charge in [-0.2, -0.15) is 0 Å². The second kappa shape index (κ2) is 5.10. The molecule has 0 aromatic carbocycles. The molecule has 5 nitrogen and oxygen atoms in total. The predicted molar refractivity (Wildman–Crippen MR) is 75.0 cm³/mol. The van der Waals surface area contributed by atoms with Gasteiger partial charge in [-0.15, -0.1) is 0 Å². The summed E-state index contributed by atoms with van der Waals surface area (Å²) in [6.07, 6.45) is 0. The lowest BCUT2D eigenvalue weighted by Crippen LogP contribution is -2.51. The molecular formula is C13H23N5. The van der Waals surface area contributed by atoms with E-state index in [2.05, 4.69) is 46.7 Å². The quantitative estimate of drug-likeness (QED) is 0.757. The van der Waals surface area contributed by atoms with Crippen LogP contribution in [-0.2, 0) is 0 Å². The smallest absolute Gasteiger partial charge is 0.132 e. The molecule has 1 aliphatic rings. The number of nitrogens with zero attached hydrogens (tertiary/aromatic N) is 2. The Bertz CT molecular complexity index is 406. The molecule has 0 bridgehead atoms. The monoisotopic (exact) mass is 249 g/mol. The lowest BCUT2D eigenvalue weighted by Gasteiger charge is -2.28. The van der Waals surface area contributed by atoms with Gasteiger partial charge in [0.1, 0.15) is 17.5 Å². The fourth-order valence-electron chi connectivity index (χ4n) is 1.69. The van der Waals surface area contributed by atoms with Gasteiger partial charge in [0.05, 0.1) is 6.04 Å². The highest BCUT2D eigenvalue weighted by atomic mass is 15.1. The molecule has 1 aromatic rings. The number of nitrogens with one attached hydrogen (secondary N) is 3. The highest BCUT2D eigenvalue weighted by Crippen LogP contribution is 2.17. The second-order valence-electron chi connectivity index (χ2n) is 6.10. The molecule has 0 spiro atoms. The van der Waals surface area contributed by atoms with Crippen LogP contribution in [0.3, 0.4) is 0 Å². The first-order valence-corrected chi connectivity index (χ1v) is 6.49. The number of aromatic nitrogens is 2. The predicted octanol–water partition coefficient (Wildman–Crippen LogP) is 1.63. The van der Waals surface area contributed by atoms with Crippen LogP contribution in [-0.4, -0.2) is 35.6 Å². The minimum Gasteiger partial charge on any atom is -0.369 e. The Morgan fingerprint density at radius 1 is 1.28 bits per heavy atom. The fraction of sp³-hybridized carbons (Fsp3) is 0.692. The third-order valence-corrected chi connectivity index (χ3v) is 2.77. The lowest BCUT2D eigenvalue weighted by atomic mass is 9.97. The summed E-state index contributed by atoms with van der Waals surface area (Å²) in [7, 11) is 0. The summed E-state index contributed by atoms with van der Waals surface area (Å²) in [5.74, 6) is 2.60. The van der Waals surface area contributed by atoms with Crippen LogP contribution in [0.5, 0.6) is 0 Å². The maximum Gasteiger partial charge on any atom is 0.132 e. The molecule has 0 aliphatic carbocycles. The molecule has 18 heavy (non-hydrogen) atoms. The van der Waals surface area contributed by atoms with E-state index in [1.807, 2.05) is 13.0 Å². The second-order valence-corrected chi connectivity index (χ2v) is 6.10. The topological polar surface area (TPSA) is 61.9 Å². The summed E-state index contributed by atoms with van der Waals surface area (Å²) in [6, 6.07) is 2.48. The summed E-state index contributed by atoms with van der Waals surface area (Å²) >= 11 is 0. The molecule has 100 valence electrons. The summed E-state index contributed by atoms with van der Waals surface area (Å²) in [4.78, 5) is 8.82. The van der Waals surface area contributed by atoms with Crippen molar-refractivity contribution in [3.63, 3.8) is 0 Å². The molecule has 0 saturated carbocycles. The molecule has 1 aromatic heterocycles. The summed E-state index contributed by atoms with van der Waals surface area (Å²) in [6.45, 7) is 11.4. The van der Waals surface area contributed by atoms with E-state index in [4.69, 9.17) is 0 Å². The van der Waals surface area contributed by atoms with Crippen molar-refractivity contribution in [2.24, 2.45) is 5.41 Å². The minimum atomic E-state index is 0.240. The SMILES string of the molecule is Cc1nc(NCC(C)(C)C)cc(NC2CNC2)n1. The van der Waals surface area contributed by atoms with E-state index in [-0.39, 0.29) is 5.41 Å². The van der Waals surface area contributed by atoms with Gasteiger partial charge in [0.2, 0.25) is 0 Å². The van der Waals surface area contributed by atoms with Crippen molar-refractivity contribution < 1.29 is 0 Å². The van der Waals surface area contributed by atoms with Gasteiger partial charge in [-0.3, -0.25) is 0 Å². The first kappa shape index (κ1) is 13.1. The van der Waals surface area contributed by atoms with Crippen molar-refractivity contribution in [3.05, 3.63) is 11.9 Å². The molecule has 0 amide bonds. The Labute approximate surface area is 109 Å². The first-order chi connectivity index (χ1) is 8.42. The van der Waals surface area contributed by atoms with Crippen LogP contribution in [0.1, 0.15) is 26.6 Å². The minimum absolute atomic E-state index is 0.240. The van der Waals surface area contributed by atoms with Gasteiger partial charge >= 0.3 is 0 Å². The Morgan fingerprint density at radius 2 is 1.94 bits per heavy atom. The van der Waals surface area contributed by atoms with E-state index in [1.54, 1.807) is 0 Å². The van der Waals surface area contributed by atoms with Crippen molar-refractivity contribution in [1.82, 2.24) is 15.3 Å². The van der Waals surface area contributed by atoms with Crippen LogP contribution in [0.4, 0.5) is 11.6 Å². The third-order valence-electron chi connectivity index (χ3n) is 2.77. The van der Waals surface area contributed by atoms with Gasteiger partial charge in [0, 0.05) is 25.7 Å². The highest BCUT2D eigenvalue weighted by molar-refractivity contribution is 5.48. The van der Waals surface area contributed by atoms with Crippen LogP contribution in [0, 0.1) is 12.3 Å². The van der Waals surface area contributed by atoms with Gasteiger partial charge in [0.25, 0.3) is 0 Å². The standard InChI is InChI=1S/C13H23N5/c1-9-16-11(15-8-13(2,3)4)5-12(17-9)18-10-6-14-7-10/h5,10,14H,6-8H2,1-4H3,(H2,15,16,17,18). The number of aryl methyl sites for hydroxylation is 1. The largest absolute Gasteiger partial charge is 0.369 e. The van der Waals surface area contributed by atoms with E-state index in [0.717, 1.165) is 37.1 Å². The van der Waals surface area contributed by atoms with Gasteiger partial charge in [-0.25, -0.2) is 9.97 Å². The van der Waals surface area contributed by atoms with Gasteiger partial charge in [-0.1, -0.05) is 20.8 Å². The van der Waals surface area contributed by atoms with Gasteiger partial charge in [0.15, 0.2) is 0 Å². The molecule has 5 heteroatoms. The molecule has 1 fully saturated rings. The number of hydrogen-bond donors (Lipinski definition) is 3. The average Bonchev–Trinajstić information content (AvgIpc) is 2.19. The molecule has 2 rings (SSSR count). The number of hydrogen-bond acceptors (Lipinski definition) is 5. The molecule has 0 unspecified atom stereocenters. The molecule has 0 atom stereocenters. The zero-order chi connectivity index (χ0) is 13.2. The van der Waals surface area contributed by atoms with E-state index < -0.39 is 0 Å². The van der Waals surface area contributed by atoms with Crippen molar-refractivity contribution in [2.45, 2.75) is 33.7 Å². The molecule has 3 N–H and O–H groups in total. The van der Waals surface area contributed by atoms with E-state index in [0.29, 0.717) is 6.04 Å². The first-order valence-electron chi connectivity index (χ1n) is 6.49. The third kappa shape index (κ3) is 3.84. The fourth-order valence-corrected chi connectivity index (χ4v) is 1.69. The van der Waals surface area contributed by atoms with Crippen molar-refractivity contribution >= 4 is 11.6 Å². The Morgan fingerprint density at radius 3 is 2.50 bits per heavy atom. The summed E-state index contributed by atoms with van der Waals surface area (Å²) in [5, 5.41) is 10.0. The molecule has 2 heterocycles. The zero-order valence-electron chi connectivity index (χ0n) is 11.7. The van der Waals surface area contributed by atoms with Crippen molar-refractivity contribution in [1.29, 1.82) is 0 Å². The van der Waals surface area contributed by atoms with E-state index in [9.17, 15) is 0 Å². The molecular weight excluding hydrogens is 226 g/mol. The average molecular weight is 249 g/mol. The molecule has 0 radical (unpaired) electrons. The van der Waals surface area contributed by atoms with Crippen molar-refractivity contribution in [3.8, 4) is 0 Å². The van der Waals surface area contributed by atoms with Crippen LogP contribution in [0.2, 0.25) is 0 Å². The molecule has 1 saturated heterocycles. The maximum absolute atomic E-state index is 4.41. The Kier molecular flexibility index (Phi) is 3.71. The lowest BCUT2D eigenvalue weighted by molar-refractivity contribution is 0.442. The maximum atomic E-state index is 4.41. The van der Waals surface area contributed by atoms with Crippen LogP contribution in [0.15, 0.2) is 6.07 Å². The van der Waals surface area contributed by atoms with E-state index in [1.165, 1.54) is 0 Å². The molecule has 1 aliphatic heterocycles. The van der Waals surface area contributed by atoms with Crippen molar-refractivity contribution in [2.75, 3.05) is 30.3 Å². The summed E-state index contributed by atoms with van der Waals surface area (Å²) in [5.41, 5.74) is 0.240.